The predicted octanol–water partition coefficient (Wildman–Crippen LogP) is 3.63. The van der Waals surface area contributed by atoms with Gasteiger partial charge in [-0.3, -0.25) is 5.32 Å². The summed E-state index contributed by atoms with van der Waals surface area (Å²) >= 11 is 0. The van der Waals surface area contributed by atoms with E-state index in [1.165, 1.54) is 0 Å². The molecule has 0 aliphatic carbocycles. The second-order valence-electron chi connectivity index (χ2n) is 5.97. The van der Waals surface area contributed by atoms with Gasteiger partial charge in [0, 0.05) is 6.61 Å². The summed E-state index contributed by atoms with van der Waals surface area (Å²) in [6.45, 7) is 1.33. The molecule has 25 heavy (non-hydrogen) atoms. The van der Waals surface area contributed by atoms with Crippen molar-refractivity contribution in [3.05, 3.63) is 71.8 Å². The molecule has 1 saturated heterocycles. The standard InChI is InChI=1S/C20H23NO4/c22-20(25-15-17-10-5-2-6-11-17)21-19-18(12-7-13-23-19)24-14-16-8-3-1-4-9-16/h1-6,8-11,18-19H,7,12-15H2,(H,21,22)/t18-,19-/m0/s1. The van der Waals surface area contributed by atoms with Gasteiger partial charge < -0.3 is 14.2 Å². The van der Waals surface area contributed by atoms with Crippen LogP contribution in [0.1, 0.15) is 24.0 Å². The Bertz CT molecular complexity index is 647. The van der Waals surface area contributed by atoms with Crippen molar-refractivity contribution in [2.24, 2.45) is 0 Å². The molecule has 2 aromatic rings. The number of benzene rings is 2. The fourth-order valence-electron chi connectivity index (χ4n) is 2.72. The minimum Gasteiger partial charge on any atom is -0.445 e. The van der Waals surface area contributed by atoms with Crippen LogP contribution in [0.5, 0.6) is 0 Å². The maximum absolute atomic E-state index is 12.0. The summed E-state index contributed by atoms with van der Waals surface area (Å²) < 4.78 is 16.9. The van der Waals surface area contributed by atoms with Gasteiger partial charge in [0.1, 0.15) is 12.7 Å². The third-order valence-corrected chi connectivity index (χ3v) is 4.05. The molecule has 0 bridgehead atoms. The highest BCUT2D eigenvalue weighted by Gasteiger charge is 2.28. The Kier molecular flexibility index (Phi) is 6.42. The topological polar surface area (TPSA) is 56.8 Å². The molecular formula is C20H23NO4. The molecule has 3 rings (SSSR count). The minimum absolute atomic E-state index is 0.182. The number of amides is 1. The third-order valence-electron chi connectivity index (χ3n) is 4.05. The maximum atomic E-state index is 12.0. The molecule has 5 heteroatoms. The van der Waals surface area contributed by atoms with E-state index < -0.39 is 12.3 Å². The number of alkyl carbamates (subject to hydrolysis) is 1. The number of nitrogens with one attached hydrogen (secondary N) is 1. The summed E-state index contributed by atoms with van der Waals surface area (Å²) in [5.74, 6) is 0. The van der Waals surface area contributed by atoms with E-state index in [0.29, 0.717) is 13.2 Å². The number of ether oxygens (including phenoxy) is 3. The van der Waals surface area contributed by atoms with Crippen LogP contribution in [-0.2, 0) is 27.4 Å². The Morgan fingerprint density at radius 2 is 1.64 bits per heavy atom. The molecule has 1 N–H and O–H groups in total. The molecule has 5 nitrogen and oxygen atoms in total. The second-order valence-corrected chi connectivity index (χ2v) is 5.97. The van der Waals surface area contributed by atoms with Gasteiger partial charge in [-0.15, -0.1) is 0 Å². The molecule has 2 aromatic carbocycles. The van der Waals surface area contributed by atoms with Crippen molar-refractivity contribution in [2.45, 2.75) is 38.4 Å². The molecule has 1 aliphatic rings. The van der Waals surface area contributed by atoms with E-state index in [1.807, 2.05) is 60.7 Å². The SMILES string of the molecule is O=C(N[C@H]1OCCC[C@@H]1OCc1ccccc1)OCc1ccccc1. The first kappa shape index (κ1) is 17.5. The Labute approximate surface area is 147 Å². The molecule has 1 aliphatic heterocycles. The summed E-state index contributed by atoms with van der Waals surface area (Å²) in [5.41, 5.74) is 2.04. The number of hydrogen-bond donors (Lipinski definition) is 1. The fraction of sp³-hybridized carbons (Fsp3) is 0.350. The van der Waals surface area contributed by atoms with Crippen molar-refractivity contribution in [1.82, 2.24) is 5.32 Å². The molecule has 0 radical (unpaired) electrons. The van der Waals surface area contributed by atoms with Gasteiger partial charge in [-0.1, -0.05) is 60.7 Å². The van der Waals surface area contributed by atoms with Gasteiger partial charge in [0.15, 0.2) is 6.23 Å². The number of hydrogen-bond acceptors (Lipinski definition) is 4. The average Bonchev–Trinajstić information content (AvgIpc) is 2.67. The van der Waals surface area contributed by atoms with Crippen LogP contribution in [-0.4, -0.2) is 25.0 Å². The van der Waals surface area contributed by atoms with Crippen LogP contribution < -0.4 is 5.32 Å². The van der Waals surface area contributed by atoms with Crippen LogP contribution >= 0.6 is 0 Å². The highest BCUT2D eigenvalue weighted by molar-refractivity contribution is 5.67. The summed E-state index contributed by atoms with van der Waals surface area (Å²) in [4.78, 5) is 12.0. The van der Waals surface area contributed by atoms with E-state index in [1.54, 1.807) is 0 Å². The maximum Gasteiger partial charge on any atom is 0.409 e. The lowest BCUT2D eigenvalue weighted by Crippen LogP contribution is -2.49. The normalized spacial score (nSPS) is 20.0. The largest absolute Gasteiger partial charge is 0.445 e. The highest BCUT2D eigenvalue weighted by atomic mass is 16.6. The average molecular weight is 341 g/mol. The molecule has 132 valence electrons. The monoisotopic (exact) mass is 341 g/mol. The molecule has 0 unspecified atom stereocenters. The first-order valence-corrected chi connectivity index (χ1v) is 8.55. The van der Waals surface area contributed by atoms with E-state index in [2.05, 4.69) is 5.32 Å². The third kappa shape index (κ3) is 5.59. The van der Waals surface area contributed by atoms with Crippen molar-refractivity contribution in [3.63, 3.8) is 0 Å². The Balaban J connectivity index is 1.47. The van der Waals surface area contributed by atoms with Crippen LogP contribution in [0.3, 0.4) is 0 Å². The van der Waals surface area contributed by atoms with Gasteiger partial charge in [0.2, 0.25) is 0 Å². The summed E-state index contributed by atoms with van der Waals surface area (Å²) in [6.07, 6.45) is 0.593. The van der Waals surface area contributed by atoms with E-state index in [4.69, 9.17) is 14.2 Å². The van der Waals surface area contributed by atoms with Crippen LogP contribution in [0.4, 0.5) is 4.79 Å². The van der Waals surface area contributed by atoms with Gasteiger partial charge >= 0.3 is 6.09 Å². The molecule has 0 saturated carbocycles. The lowest BCUT2D eigenvalue weighted by Gasteiger charge is -2.31. The van der Waals surface area contributed by atoms with Crippen molar-refractivity contribution < 1.29 is 19.0 Å². The van der Waals surface area contributed by atoms with Crippen LogP contribution in [0, 0.1) is 0 Å². The molecule has 1 amide bonds. The molecule has 2 atom stereocenters. The molecular weight excluding hydrogens is 318 g/mol. The summed E-state index contributed by atoms with van der Waals surface area (Å²) in [6, 6.07) is 19.5. The highest BCUT2D eigenvalue weighted by Crippen LogP contribution is 2.17. The zero-order valence-corrected chi connectivity index (χ0v) is 14.1. The van der Waals surface area contributed by atoms with Gasteiger partial charge in [0.25, 0.3) is 0 Å². The minimum atomic E-state index is -0.496. The lowest BCUT2D eigenvalue weighted by atomic mass is 10.1. The van der Waals surface area contributed by atoms with Crippen molar-refractivity contribution in [1.29, 1.82) is 0 Å². The lowest BCUT2D eigenvalue weighted by molar-refractivity contribution is -0.121. The van der Waals surface area contributed by atoms with Crippen molar-refractivity contribution in [2.75, 3.05) is 6.61 Å². The smallest absolute Gasteiger partial charge is 0.409 e. The van der Waals surface area contributed by atoms with Gasteiger partial charge in [-0.25, -0.2) is 4.79 Å². The van der Waals surface area contributed by atoms with Gasteiger partial charge in [-0.05, 0) is 24.0 Å². The fourth-order valence-corrected chi connectivity index (χ4v) is 2.72. The first-order valence-electron chi connectivity index (χ1n) is 8.55. The Morgan fingerprint density at radius 1 is 1.00 bits per heavy atom. The van der Waals surface area contributed by atoms with Crippen molar-refractivity contribution in [3.8, 4) is 0 Å². The van der Waals surface area contributed by atoms with Gasteiger partial charge in [-0.2, -0.15) is 0 Å². The molecule has 1 heterocycles. The molecule has 0 spiro atoms. The zero-order valence-electron chi connectivity index (χ0n) is 14.1. The molecule has 0 aromatic heterocycles. The van der Waals surface area contributed by atoms with Crippen LogP contribution in [0.25, 0.3) is 0 Å². The zero-order chi connectivity index (χ0) is 17.3. The predicted molar refractivity (Wildman–Crippen MR) is 93.8 cm³/mol. The van der Waals surface area contributed by atoms with Gasteiger partial charge in [0.05, 0.1) is 6.61 Å². The molecule has 1 fully saturated rings. The summed E-state index contributed by atoms with van der Waals surface area (Å²) in [5, 5.41) is 2.77. The number of carbonyl (C=O) groups excluding carboxylic acids is 1. The van der Waals surface area contributed by atoms with E-state index in [-0.39, 0.29) is 12.7 Å². The van der Waals surface area contributed by atoms with E-state index >= 15 is 0 Å². The summed E-state index contributed by atoms with van der Waals surface area (Å²) in [7, 11) is 0. The first-order chi connectivity index (χ1) is 12.3. The van der Waals surface area contributed by atoms with Crippen LogP contribution in [0.2, 0.25) is 0 Å². The Morgan fingerprint density at radius 3 is 2.32 bits per heavy atom. The van der Waals surface area contributed by atoms with E-state index in [9.17, 15) is 4.79 Å². The second kappa shape index (κ2) is 9.20. The van der Waals surface area contributed by atoms with E-state index in [0.717, 1.165) is 24.0 Å². The quantitative estimate of drug-likeness (QED) is 0.872. The number of carbonyl (C=O) groups is 1. The Hall–Kier alpha value is -2.37. The van der Waals surface area contributed by atoms with Crippen LogP contribution in [0.15, 0.2) is 60.7 Å². The van der Waals surface area contributed by atoms with Crippen molar-refractivity contribution >= 4 is 6.09 Å². The number of rotatable bonds is 6.